The van der Waals surface area contributed by atoms with E-state index in [0.29, 0.717) is 30.8 Å². The van der Waals surface area contributed by atoms with Crippen LogP contribution >= 0.6 is 0 Å². The van der Waals surface area contributed by atoms with E-state index in [1.807, 2.05) is 39.8 Å². The normalized spacial score (nSPS) is 15.3. The van der Waals surface area contributed by atoms with Crippen molar-refractivity contribution < 1.29 is 27.5 Å². The number of Topliss-reactive ketones (excluding diaryl/α,β-unsaturated/α-hetero) is 1. The van der Waals surface area contributed by atoms with Gasteiger partial charge < -0.3 is 9.47 Å². The van der Waals surface area contributed by atoms with Gasteiger partial charge in [-0.3, -0.25) is 9.59 Å². The summed E-state index contributed by atoms with van der Waals surface area (Å²) in [6, 6.07) is 10.2. The fourth-order valence-electron chi connectivity index (χ4n) is 4.30. The van der Waals surface area contributed by atoms with Crippen LogP contribution in [0.2, 0.25) is 0 Å². The molecule has 0 aliphatic carbocycles. The van der Waals surface area contributed by atoms with Gasteiger partial charge in [0.1, 0.15) is 5.75 Å². The molecule has 1 saturated heterocycles. The van der Waals surface area contributed by atoms with Gasteiger partial charge >= 0.3 is 5.97 Å². The highest BCUT2D eigenvalue weighted by molar-refractivity contribution is 7.89. The summed E-state index contributed by atoms with van der Waals surface area (Å²) < 4.78 is 37.9. The zero-order chi connectivity index (χ0) is 24.2. The maximum Gasteiger partial charge on any atom is 0.309 e. The van der Waals surface area contributed by atoms with Crippen LogP contribution in [-0.4, -0.2) is 50.8 Å². The lowest BCUT2D eigenvalue weighted by Crippen LogP contribution is -2.40. The van der Waals surface area contributed by atoms with Crippen molar-refractivity contribution in [1.82, 2.24) is 4.31 Å². The molecule has 0 aromatic heterocycles. The number of carbonyl (C=O) groups excluding carboxylic acids is 2. The summed E-state index contributed by atoms with van der Waals surface area (Å²) >= 11 is 0. The molecule has 0 saturated carbocycles. The molecule has 1 aliphatic heterocycles. The summed E-state index contributed by atoms with van der Waals surface area (Å²) in [5.74, 6) is -0.494. The van der Waals surface area contributed by atoms with Crippen LogP contribution < -0.4 is 4.74 Å². The standard InChI is InChI=1S/C25H31NO6S/c1-5-31-21-6-8-22(9-7-21)33(29,30)26-12-10-20(11-13-26)25(28)32-16-23(27)24-18(3)14-17(2)15-19(24)4/h6-9,14-15,20H,5,10-13,16H2,1-4H3. The molecule has 3 rings (SSSR count). The van der Waals surface area contributed by atoms with Gasteiger partial charge in [0.05, 0.1) is 17.4 Å². The predicted octanol–water partition coefficient (Wildman–Crippen LogP) is 3.84. The highest BCUT2D eigenvalue weighted by Crippen LogP contribution is 2.26. The van der Waals surface area contributed by atoms with Crippen molar-refractivity contribution in [3.05, 3.63) is 58.7 Å². The minimum atomic E-state index is -3.65. The number of carbonyl (C=O) groups is 2. The Hall–Kier alpha value is -2.71. The number of esters is 1. The molecule has 0 spiro atoms. The highest BCUT2D eigenvalue weighted by atomic mass is 32.2. The van der Waals surface area contributed by atoms with Crippen LogP contribution in [-0.2, 0) is 19.6 Å². The molecular weight excluding hydrogens is 442 g/mol. The summed E-state index contributed by atoms with van der Waals surface area (Å²) in [5.41, 5.74) is 3.39. The number of piperidine rings is 1. The quantitative estimate of drug-likeness (QED) is 0.427. The number of nitrogens with zero attached hydrogens (tertiary/aromatic N) is 1. The first-order valence-corrected chi connectivity index (χ1v) is 12.6. The third-order valence-electron chi connectivity index (χ3n) is 5.86. The highest BCUT2D eigenvalue weighted by Gasteiger charge is 2.33. The topological polar surface area (TPSA) is 90.0 Å². The third kappa shape index (κ3) is 5.81. The molecule has 0 unspecified atom stereocenters. The van der Waals surface area contributed by atoms with Crippen molar-refractivity contribution in [3.63, 3.8) is 0 Å². The van der Waals surface area contributed by atoms with Gasteiger partial charge in [-0.05, 0) is 75.9 Å². The van der Waals surface area contributed by atoms with Gasteiger partial charge in [-0.15, -0.1) is 0 Å². The van der Waals surface area contributed by atoms with Crippen LogP contribution in [0.25, 0.3) is 0 Å². The van der Waals surface area contributed by atoms with Crippen molar-refractivity contribution in [2.75, 3.05) is 26.3 Å². The van der Waals surface area contributed by atoms with E-state index in [4.69, 9.17) is 9.47 Å². The number of aryl methyl sites for hydroxylation is 3. The van der Waals surface area contributed by atoms with E-state index in [-0.39, 0.29) is 30.4 Å². The van der Waals surface area contributed by atoms with E-state index in [2.05, 4.69) is 0 Å². The minimum absolute atomic E-state index is 0.196. The molecular formula is C25H31NO6S. The lowest BCUT2D eigenvalue weighted by Gasteiger charge is -2.30. The maximum atomic E-state index is 12.9. The Kier molecular flexibility index (Phi) is 7.92. The zero-order valence-electron chi connectivity index (χ0n) is 19.6. The average Bonchev–Trinajstić information content (AvgIpc) is 2.77. The first-order chi connectivity index (χ1) is 15.6. The number of ether oxygens (including phenoxy) is 2. The minimum Gasteiger partial charge on any atom is -0.494 e. The number of hydrogen-bond acceptors (Lipinski definition) is 6. The summed E-state index contributed by atoms with van der Waals surface area (Å²) in [4.78, 5) is 25.3. The first-order valence-electron chi connectivity index (χ1n) is 11.1. The second-order valence-corrected chi connectivity index (χ2v) is 10.3. The molecule has 178 valence electrons. The zero-order valence-corrected chi connectivity index (χ0v) is 20.4. The Morgan fingerprint density at radius 3 is 2.12 bits per heavy atom. The van der Waals surface area contributed by atoms with Crippen molar-refractivity contribution in [3.8, 4) is 5.75 Å². The van der Waals surface area contributed by atoms with E-state index in [0.717, 1.165) is 16.7 Å². The summed E-state index contributed by atoms with van der Waals surface area (Å²) in [6.07, 6.45) is 0.706. The first kappa shape index (κ1) is 24.9. The molecule has 0 radical (unpaired) electrons. The van der Waals surface area contributed by atoms with Crippen LogP contribution in [0.1, 0.15) is 46.8 Å². The smallest absolute Gasteiger partial charge is 0.309 e. The maximum absolute atomic E-state index is 12.9. The molecule has 2 aromatic rings. The molecule has 1 fully saturated rings. The molecule has 33 heavy (non-hydrogen) atoms. The van der Waals surface area contributed by atoms with Crippen LogP contribution in [0, 0.1) is 26.7 Å². The molecule has 7 nitrogen and oxygen atoms in total. The third-order valence-corrected chi connectivity index (χ3v) is 7.77. The summed E-state index contributed by atoms with van der Waals surface area (Å²) in [7, 11) is -3.65. The van der Waals surface area contributed by atoms with Crippen molar-refractivity contribution in [2.24, 2.45) is 5.92 Å². The monoisotopic (exact) mass is 473 g/mol. The molecule has 0 atom stereocenters. The lowest BCUT2D eigenvalue weighted by atomic mass is 9.96. The fraction of sp³-hybridized carbons (Fsp3) is 0.440. The number of ketones is 1. The van der Waals surface area contributed by atoms with E-state index < -0.39 is 21.9 Å². The molecule has 8 heteroatoms. The van der Waals surface area contributed by atoms with Crippen LogP contribution in [0.15, 0.2) is 41.3 Å². The van der Waals surface area contributed by atoms with E-state index in [1.54, 1.807) is 12.1 Å². The molecule has 0 amide bonds. The fourth-order valence-corrected chi connectivity index (χ4v) is 5.77. The van der Waals surface area contributed by atoms with E-state index >= 15 is 0 Å². The van der Waals surface area contributed by atoms with Gasteiger partial charge in [-0.1, -0.05) is 17.7 Å². The molecule has 0 N–H and O–H groups in total. The molecule has 1 heterocycles. The van der Waals surface area contributed by atoms with Crippen molar-refractivity contribution in [2.45, 2.75) is 45.4 Å². The largest absolute Gasteiger partial charge is 0.494 e. The number of hydrogen-bond donors (Lipinski definition) is 0. The van der Waals surface area contributed by atoms with Gasteiger partial charge in [0.15, 0.2) is 6.61 Å². The van der Waals surface area contributed by atoms with Gasteiger partial charge in [0.2, 0.25) is 15.8 Å². The van der Waals surface area contributed by atoms with Crippen LogP contribution in [0.3, 0.4) is 0 Å². The number of sulfonamides is 1. The van der Waals surface area contributed by atoms with E-state index in [9.17, 15) is 18.0 Å². The van der Waals surface area contributed by atoms with E-state index in [1.165, 1.54) is 16.4 Å². The Bertz CT molecular complexity index is 1090. The average molecular weight is 474 g/mol. The molecule has 0 bridgehead atoms. The van der Waals surface area contributed by atoms with Gasteiger partial charge in [0, 0.05) is 18.7 Å². The summed E-state index contributed by atoms with van der Waals surface area (Å²) in [5, 5.41) is 0. The lowest BCUT2D eigenvalue weighted by molar-refractivity contribution is -0.148. The second-order valence-electron chi connectivity index (χ2n) is 8.39. The van der Waals surface area contributed by atoms with Gasteiger partial charge in [-0.25, -0.2) is 8.42 Å². The number of benzene rings is 2. The van der Waals surface area contributed by atoms with Crippen molar-refractivity contribution in [1.29, 1.82) is 0 Å². The number of rotatable bonds is 8. The van der Waals surface area contributed by atoms with Crippen LogP contribution in [0.4, 0.5) is 0 Å². The molecule has 1 aliphatic rings. The Balaban J connectivity index is 1.55. The van der Waals surface area contributed by atoms with Crippen LogP contribution in [0.5, 0.6) is 5.75 Å². The Morgan fingerprint density at radius 1 is 1.00 bits per heavy atom. The molecule has 2 aromatic carbocycles. The van der Waals surface area contributed by atoms with Gasteiger partial charge in [-0.2, -0.15) is 4.31 Å². The Labute approximate surface area is 195 Å². The SMILES string of the molecule is CCOc1ccc(S(=O)(=O)N2CCC(C(=O)OCC(=O)c3c(C)cc(C)cc3C)CC2)cc1. The predicted molar refractivity (Wildman–Crippen MR) is 125 cm³/mol. The second kappa shape index (κ2) is 10.5. The van der Waals surface area contributed by atoms with Crippen molar-refractivity contribution >= 4 is 21.8 Å². The Morgan fingerprint density at radius 2 is 1.58 bits per heavy atom. The van der Waals surface area contributed by atoms with Gasteiger partial charge in [0.25, 0.3) is 0 Å². The summed E-state index contributed by atoms with van der Waals surface area (Å²) in [6.45, 7) is 8.21.